The van der Waals surface area contributed by atoms with Crippen LogP contribution in [0.25, 0.3) is 0 Å². The lowest BCUT2D eigenvalue weighted by Crippen LogP contribution is -2.54. The molecule has 0 saturated heterocycles. The summed E-state index contributed by atoms with van der Waals surface area (Å²) in [5.74, 6) is 2.60. The van der Waals surface area contributed by atoms with Crippen LogP contribution in [-0.4, -0.2) is 28.2 Å². The number of aliphatic hydroxyl groups excluding tert-OH is 2. The summed E-state index contributed by atoms with van der Waals surface area (Å²) in [4.78, 5) is 12.2. The lowest BCUT2D eigenvalue weighted by atomic mass is 9.44. The van der Waals surface area contributed by atoms with E-state index in [2.05, 4.69) is 13.8 Å². The van der Waals surface area contributed by atoms with E-state index in [0.29, 0.717) is 23.2 Å². The van der Waals surface area contributed by atoms with Gasteiger partial charge in [-0.3, -0.25) is 4.79 Å². The molecule has 0 heterocycles. The third-order valence-corrected chi connectivity index (χ3v) is 9.10. The highest BCUT2D eigenvalue weighted by molar-refractivity contribution is 5.80. The molecule has 4 fully saturated rings. The molecule has 4 aliphatic carbocycles. The minimum Gasteiger partial charge on any atom is -0.393 e. The van der Waals surface area contributed by atoms with E-state index in [9.17, 15) is 15.0 Å². The number of aliphatic hydroxyl groups is 2. The van der Waals surface area contributed by atoms with E-state index in [1.807, 2.05) is 0 Å². The fourth-order valence-corrected chi connectivity index (χ4v) is 7.98. The summed E-state index contributed by atoms with van der Waals surface area (Å²) in [5.41, 5.74) is 0.368. The minimum atomic E-state index is -0.435. The van der Waals surface area contributed by atoms with Gasteiger partial charge in [-0.25, -0.2) is 0 Å². The first kappa shape index (κ1) is 17.0. The Hall–Kier alpha value is -0.410. The van der Waals surface area contributed by atoms with E-state index in [1.54, 1.807) is 6.92 Å². The van der Waals surface area contributed by atoms with Crippen molar-refractivity contribution in [3.8, 4) is 0 Å². The van der Waals surface area contributed by atoms with E-state index >= 15 is 0 Å². The molecule has 0 aliphatic heterocycles. The van der Waals surface area contributed by atoms with Crippen molar-refractivity contribution < 1.29 is 15.0 Å². The van der Waals surface area contributed by atoms with Crippen molar-refractivity contribution >= 4 is 5.78 Å². The summed E-state index contributed by atoms with van der Waals surface area (Å²) in [6.45, 7) is 6.44. The van der Waals surface area contributed by atoms with Crippen LogP contribution in [0, 0.1) is 40.4 Å². The quantitative estimate of drug-likeness (QED) is 0.771. The van der Waals surface area contributed by atoms with Gasteiger partial charge in [-0.1, -0.05) is 13.8 Å². The number of hydrogen-bond donors (Lipinski definition) is 2. The number of ketones is 1. The van der Waals surface area contributed by atoms with Gasteiger partial charge in [0.15, 0.2) is 0 Å². The van der Waals surface area contributed by atoms with E-state index in [1.165, 1.54) is 19.3 Å². The molecule has 4 rings (SSSR count). The van der Waals surface area contributed by atoms with Gasteiger partial charge in [0.1, 0.15) is 5.78 Å². The number of Topliss-reactive ketones (excluding diaryl/α,β-unsaturated/α-hetero) is 1. The molecule has 0 spiro atoms. The maximum atomic E-state index is 12.2. The Kier molecular flexibility index (Phi) is 3.93. The van der Waals surface area contributed by atoms with Crippen molar-refractivity contribution in [1.82, 2.24) is 0 Å². The number of carbonyl (C=O) groups excluding carboxylic acids is 1. The van der Waals surface area contributed by atoms with Crippen molar-refractivity contribution in [3.05, 3.63) is 0 Å². The molecular formula is C21H34O3. The van der Waals surface area contributed by atoms with Crippen LogP contribution in [0.5, 0.6) is 0 Å². The molecule has 24 heavy (non-hydrogen) atoms. The topological polar surface area (TPSA) is 57.5 Å². The van der Waals surface area contributed by atoms with Gasteiger partial charge in [0.25, 0.3) is 0 Å². The van der Waals surface area contributed by atoms with Crippen molar-refractivity contribution in [1.29, 1.82) is 0 Å². The van der Waals surface area contributed by atoms with E-state index in [0.717, 1.165) is 38.0 Å². The second-order valence-corrected chi connectivity index (χ2v) is 10.0. The average molecular weight is 335 g/mol. The van der Waals surface area contributed by atoms with Crippen LogP contribution in [0.3, 0.4) is 0 Å². The summed E-state index contributed by atoms with van der Waals surface area (Å²) >= 11 is 0. The third kappa shape index (κ3) is 2.19. The zero-order valence-corrected chi connectivity index (χ0v) is 15.5. The van der Waals surface area contributed by atoms with Gasteiger partial charge >= 0.3 is 0 Å². The second kappa shape index (κ2) is 5.54. The largest absolute Gasteiger partial charge is 0.393 e. The van der Waals surface area contributed by atoms with E-state index < -0.39 is 6.10 Å². The molecule has 0 unspecified atom stereocenters. The molecule has 3 heteroatoms. The fraction of sp³-hybridized carbons (Fsp3) is 0.952. The van der Waals surface area contributed by atoms with Gasteiger partial charge in [-0.2, -0.15) is 0 Å². The normalized spacial score (nSPS) is 57.0. The van der Waals surface area contributed by atoms with Crippen LogP contribution in [0.15, 0.2) is 0 Å². The highest BCUT2D eigenvalue weighted by Crippen LogP contribution is 2.67. The lowest BCUT2D eigenvalue weighted by molar-refractivity contribution is -0.140. The van der Waals surface area contributed by atoms with Crippen molar-refractivity contribution in [3.63, 3.8) is 0 Å². The summed E-state index contributed by atoms with van der Waals surface area (Å²) < 4.78 is 0. The van der Waals surface area contributed by atoms with E-state index in [-0.39, 0.29) is 23.2 Å². The standard InChI is InChI=1S/C21H34O3/c1-12(22)19-18(24)11-17-15-5-4-13-10-14(23)6-8-20(13,2)16(15)7-9-21(17,19)3/h13-19,23-24H,4-11H2,1-3H3/t13-,14+,15+,16-,17-,18+,19-,20-,21-/m0/s1. The molecule has 0 radical (unpaired) electrons. The first-order valence-corrected chi connectivity index (χ1v) is 10.1. The third-order valence-electron chi connectivity index (χ3n) is 9.10. The predicted molar refractivity (Wildman–Crippen MR) is 93.3 cm³/mol. The molecule has 9 atom stereocenters. The van der Waals surface area contributed by atoms with Gasteiger partial charge in [-0.05, 0) is 92.8 Å². The monoisotopic (exact) mass is 334 g/mol. The second-order valence-electron chi connectivity index (χ2n) is 10.0. The Balaban J connectivity index is 1.64. The Morgan fingerprint density at radius 1 is 0.917 bits per heavy atom. The Morgan fingerprint density at radius 2 is 1.62 bits per heavy atom. The molecular weight excluding hydrogens is 300 g/mol. The summed E-state index contributed by atoms with van der Waals surface area (Å²) in [6.07, 6.45) is 8.14. The molecule has 0 bridgehead atoms. The summed E-state index contributed by atoms with van der Waals surface area (Å²) in [7, 11) is 0. The Bertz CT molecular complexity index is 531. The van der Waals surface area contributed by atoms with E-state index in [4.69, 9.17) is 0 Å². The van der Waals surface area contributed by atoms with Crippen molar-refractivity contribution in [2.75, 3.05) is 0 Å². The molecule has 2 N–H and O–H groups in total. The minimum absolute atomic E-state index is 0.00376. The van der Waals surface area contributed by atoms with Gasteiger partial charge in [0, 0.05) is 5.92 Å². The van der Waals surface area contributed by atoms with Crippen LogP contribution >= 0.6 is 0 Å². The van der Waals surface area contributed by atoms with Crippen LogP contribution < -0.4 is 0 Å². The number of hydrogen-bond acceptors (Lipinski definition) is 3. The van der Waals surface area contributed by atoms with Crippen LogP contribution in [0.1, 0.15) is 72.1 Å². The molecule has 3 nitrogen and oxygen atoms in total. The van der Waals surface area contributed by atoms with Crippen LogP contribution in [0.2, 0.25) is 0 Å². The molecule has 0 aromatic heterocycles. The lowest BCUT2D eigenvalue weighted by Gasteiger charge is -2.60. The smallest absolute Gasteiger partial charge is 0.136 e. The zero-order chi connectivity index (χ0) is 17.3. The summed E-state index contributed by atoms with van der Waals surface area (Å²) in [5, 5.41) is 20.7. The SMILES string of the molecule is CC(=O)[C@H]1[C@H](O)C[C@H]2[C@@H]3CC[C@H]4C[C@H](O)CC[C@]4(C)[C@H]3CC[C@@]21C. The Labute approximate surface area is 146 Å². The Morgan fingerprint density at radius 3 is 2.33 bits per heavy atom. The highest BCUT2D eigenvalue weighted by atomic mass is 16.3. The fourth-order valence-electron chi connectivity index (χ4n) is 7.98. The van der Waals surface area contributed by atoms with Gasteiger partial charge < -0.3 is 10.2 Å². The molecule has 0 amide bonds. The maximum absolute atomic E-state index is 12.2. The first-order chi connectivity index (χ1) is 11.3. The van der Waals surface area contributed by atoms with Gasteiger partial charge in [0.2, 0.25) is 0 Å². The zero-order valence-electron chi connectivity index (χ0n) is 15.5. The van der Waals surface area contributed by atoms with Gasteiger partial charge in [0.05, 0.1) is 12.2 Å². The van der Waals surface area contributed by atoms with Crippen molar-refractivity contribution in [2.24, 2.45) is 40.4 Å². The molecule has 4 saturated carbocycles. The van der Waals surface area contributed by atoms with Gasteiger partial charge in [-0.15, -0.1) is 0 Å². The number of carbonyl (C=O) groups is 1. The highest BCUT2D eigenvalue weighted by Gasteiger charge is 2.62. The molecule has 4 aliphatic rings. The molecule has 0 aromatic rings. The van der Waals surface area contributed by atoms with Crippen molar-refractivity contribution in [2.45, 2.75) is 84.3 Å². The average Bonchev–Trinajstić information content (AvgIpc) is 2.78. The molecule has 136 valence electrons. The number of rotatable bonds is 1. The maximum Gasteiger partial charge on any atom is 0.136 e. The van der Waals surface area contributed by atoms with Crippen LogP contribution in [0.4, 0.5) is 0 Å². The predicted octanol–water partition coefficient (Wildman–Crippen LogP) is 3.57. The first-order valence-electron chi connectivity index (χ1n) is 10.1. The summed E-state index contributed by atoms with van der Waals surface area (Å²) in [6, 6.07) is 0. The van der Waals surface area contributed by atoms with Crippen LogP contribution in [-0.2, 0) is 4.79 Å². The molecule has 0 aromatic carbocycles. The number of fused-ring (bicyclic) bond motifs is 5.